The molecule has 0 saturated carbocycles. The fourth-order valence-electron chi connectivity index (χ4n) is 6.11. The lowest BCUT2D eigenvalue weighted by Gasteiger charge is -2.35. The first-order valence-electron chi connectivity index (χ1n) is 15.8. The van der Waals surface area contributed by atoms with Gasteiger partial charge < -0.3 is 4.90 Å². The zero-order chi connectivity index (χ0) is 35.0. The molecule has 4 heterocycles. The minimum atomic E-state index is -4.72. The van der Waals surface area contributed by atoms with Gasteiger partial charge in [-0.05, 0) is 68.3 Å². The predicted octanol–water partition coefficient (Wildman–Crippen LogP) is 7.45. The summed E-state index contributed by atoms with van der Waals surface area (Å²) < 4.78 is 44.1. The van der Waals surface area contributed by atoms with Gasteiger partial charge in [0.05, 0.1) is 34.7 Å². The van der Waals surface area contributed by atoms with Gasteiger partial charge in [-0.3, -0.25) is 19.3 Å². The lowest BCUT2D eigenvalue weighted by atomic mass is 9.97. The Morgan fingerprint density at radius 2 is 1.76 bits per heavy atom. The summed E-state index contributed by atoms with van der Waals surface area (Å²) in [6, 6.07) is 19.8. The van der Waals surface area contributed by atoms with E-state index in [9.17, 15) is 22.8 Å². The van der Waals surface area contributed by atoms with Crippen LogP contribution in [0.4, 0.5) is 13.2 Å². The van der Waals surface area contributed by atoms with Crippen LogP contribution in [-0.4, -0.2) is 46.2 Å². The van der Waals surface area contributed by atoms with Crippen molar-refractivity contribution in [1.82, 2.24) is 34.3 Å². The summed E-state index contributed by atoms with van der Waals surface area (Å²) >= 11 is 5.81. The minimum Gasteiger partial charge on any atom is -0.330 e. The number of benzene rings is 3. The molecule has 0 spiro atoms. The van der Waals surface area contributed by atoms with Gasteiger partial charge in [-0.1, -0.05) is 55.8 Å². The molecule has 9 nitrogen and oxygen atoms in total. The van der Waals surface area contributed by atoms with E-state index in [2.05, 4.69) is 15.2 Å². The number of hydrogen-bond acceptors (Lipinski definition) is 5. The van der Waals surface area contributed by atoms with Gasteiger partial charge in [0.2, 0.25) is 0 Å². The fraction of sp³-hybridized carbons (Fsp3) is 0.250. The number of nitrogens with one attached hydrogen (secondary N) is 1. The second kappa shape index (κ2) is 13.3. The molecular weight excluding hydrogens is 655 g/mol. The number of amides is 1. The zero-order valence-electron chi connectivity index (χ0n) is 27.2. The van der Waals surface area contributed by atoms with Crippen molar-refractivity contribution < 1.29 is 18.0 Å². The number of halogens is 4. The molecule has 0 saturated heterocycles. The SMILES string of the molecule is CC.Cc1nc(-c2ccc(-n3c(=O)c4c(n5ncc(Cc6ccccc6)c35)CN(C(=O)c3ccc(Cl)c(C(F)(F)F)c3)C(C)C4)cc2)n[nH]1. The number of aryl methyl sites for hydroxylation is 1. The van der Waals surface area contributed by atoms with Gasteiger partial charge in [0.25, 0.3) is 11.5 Å². The van der Waals surface area contributed by atoms with E-state index in [1.165, 1.54) is 11.0 Å². The van der Waals surface area contributed by atoms with Crippen molar-refractivity contribution in [3.63, 3.8) is 0 Å². The van der Waals surface area contributed by atoms with Crippen LogP contribution in [0.1, 0.15) is 64.9 Å². The maximum Gasteiger partial charge on any atom is 0.417 e. The largest absolute Gasteiger partial charge is 0.417 e. The number of rotatable bonds is 5. The standard InChI is InChI=1S/C34H27ClF3N7O2.C2H6/c1-19-14-26-29(18-43(19)32(46)23-10-13-28(35)27(16-23)34(36,37)38)45-31(24(17-39-45)15-21-6-4-3-5-7-21)44(33(26)47)25-11-8-22(9-12-25)30-40-20(2)41-42-30;1-2/h3-13,16-17,19H,14-15,18H2,1-2H3,(H,40,41,42);1-2H3. The molecule has 0 aliphatic carbocycles. The molecule has 1 N–H and O–H groups in total. The Hall–Kier alpha value is -5.23. The first-order chi connectivity index (χ1) is 23.5. The van der Waals surface area contributed by atoms with Gasteiger partial charge in [-0.2, -0.15) is 23.4 Å². The van der Waals surface area contributed by atoms with Crippen LogP contribution in [0.5, 0.6) is 0 Å². The molecule has 0 bridgehead atoms. The van der Waals surface area contributed by atoms with E-state index in [4.69, 9.17) is 16.7 Å². The molecule has 1 unspecified atom stereocenters. The summed E-state index contributed by atoms with van der Waals surface area (Å²) in [5.41, 5.74) is 3.22. The normalized spacial score (nSPS) is 14.4. The third-order valence-electron chi connectivity index (χ3n) is 8.44. The molecule has 1 atom stereocenters. The Labute approximate surface area is 285 Å². The van der Waals surface area contributed by atoms with Crippen molar-refractivity contribution in [3.8, 4) is 17.1 Å². The Balaban J connectivity index is 0.00000205. The Morgan fingerprint density at radius 3 is 2.41 bits per heavy atom. The first-order valence-corrected chi connectivity index (χ1v) is 16.2. The number of fused-ring (bicyclic) bond motifs is 3. The van der Waals surface area contributed by atoms with Gasteiger partial charge >= 0.3 is 6.18 Å². The van der Waals surface area contributed by atoms with Crippen molar-refractivity contribution in [3.05, 3.63) is 134 Å². The minimum absolute atomic E-state index is 0.0263. The molecule has 7 rings (SSSR count). The summed E-state index contributed by atoms with van der Waals surface area (Å²) in [4.78, 5) is 34.0. The molecule has 3 aromatic carbocycles. The lowest BCUT2D eigenvalue weighted by Crippen LogP contribution is -2.46. The van der Waals surface area contributed by atoms with Crippen LogP contribution in [0.3, 0.4) is 0 Å². The third kappa shape index (κ3) is 6.35. The predicted molar refractivity (Wildman–Crippen MR) is 181 cm³/mol. The van der Waals surface area contributed by atoms with Crippen molar-refractivity contribution in [2.45, 2.75) is 59.3 Å². The van der Waals surface area contributed by atoms with Gasteiger partial charge in [0, 0.05) is 34.7 Å². The average molecular weight is 688 g/mol. The van der Waals surface area contributed by atoms with Crippen LogP contribution < -0.4 is 5.56 Å². The number of carbonyl (C=O) groups is 1. The number of hydrogen-bond donors (Lipinski definition) is 1. The van der Waals surface area contributed by atoms with E-state index in [0.717, 1.165) is 28.8 Å². The highest BCUT2D eigenvalue weighted by molar-refractivity contribution is 6.31. The van der Waals surface area contributed by atoms with Crippen molar-refractivity contribution in [2.24, 2.45) is 0 Å². The van der Waals surface area contributed by atoms with Crippen LogP contribution in [0.15, 0.2) is 83.8 Å². The van der Waals surface area contributed by atoms with E-state index in [1.54, 1.807) is 22.2 Å². The van der Waals surface area contributed by atoms with Crippen LogP contribution >= 0.6 is 11.6 Å². The second-order valence-electron chi connectivity index (χ2n) is 11.6. The molecule has 13 heteroatoms. The maximum atomic E-state index is 14.4. The highest BCUT2D eigenvalue weighted by Crippen LogP contribution is 2.36. The maximum absolute atomic E-state index is 14.4. The van der Waals surface area contributed by atoms with Crippen LogP contribution in [0, 0.1) is 6.92 Å². The third-order valence-corrected chi connectivity index (χ3v) is 8.77. The van der Waals surface area contributed by atoms with E-state index in [1.807, 2.05) is 75.4 Å². The lowest BCUT2D eigenvalue weighted by molar-refractivity contribution is -0.137. The number of alkyl halides is 3. The fourth-order valence-corrected chi connectivity index (χ4v) is 6.33. The molecule has 252 valence electrons. The van der Waals surface area contributed by atoms with Gasteiger partial charge in [0.15, 0.2) is 5.82 Å². The van der Waals surface area contributed by atoms with Gasteiger partial charge in [-0.25, -0.2) is 9.50 Å². The Morgan fingerprint density at radius 1 is 1.04 bits per heavy atom. The summed E-state index contributed by atoms with van der Waals surface area (Å²) in [6.45, 7) is 7.56. The zero-order valence-corrected chi connectivity index (χ0v) is 28.0. The van der Waals surface area contributed by atoms with Crippen molar-refractivity contribution in [1.29, 1.82) is 0 Å². The molecule has 3 aromatic heterocycles. The topological polar surface area (TPSA) is 101 Å². The quantitative estimate of drug-likeness (QED) is 0.203. The summed E-state index contributed by atoms with van der Waals surface area (Å²) in [7, 11) is 0. The Kier molecular flexibility index (Phi) is 9.17. The first kappa shape index (κ1) is 33.7. The molecule has 6 aromatic rings. The van der Waals surface area contributed by atoms with Crippen LogP contribution in [0.2, 0.25) is 5.02 Å². The molecule has 1 aliphatic heterocycles. The average Bonchev–Trinajstić information content (AvgIpc) is 3.72. The summed E-state index contributed by atoms with van der Waals surface area (Å²) in [6.07, 6.45) is -2.34. The number of aromatic amines is 1. The van der Waals surface area contributed by atoms with Crippen molar-refractivity contribution in [2.75, 3.05) is 0 Å². The highest BCUT2D eigenvalue weighted by Gasteiger charge is 2.36. The number of nitrogens with zero attached hydrogens (tertiary/aromatic N) is 6. The van der Waals surface area contributed by atoms with Crippen LogP contribution in [-0.2, 0) is 25.6 Å². The number of carbonyl (C=O) groups excluding carboxylic acids is 1. The van der Waals surface area contributed by atoms with Crippen LogP contribution in [0.25, 0.3) is 22.7 Å². The number of H-pyrrole nitrogens is 1. The highest BCUT2D eigenvalue weighted by atomic mass is 35.5. The molecule has 0 radical (unpaired) electrons. The van der Waals surface area contributed by atoms with E-state index >= 15 is 0 Å². The monoisotopic (exact) mass is 687 g/mol. The number of aromatic nitrogens is 6. The molecule has 1 amide bonds. The molecule has 1 aliphatic rings. The smallest absolute Gasteiger partial charge is 0.330 e. The van der Waals surface area contributed by atoms with Gasteiger partial charge in [-0.15, -0.1) is 0 Å². The molecular formula is C36H33ClF3N7O2. The van der Waals surface area contributed by atoms with Gasteiger partial charge in [0.1, 0.15) is 11.5 Å². The second-order valence-corrected chi connectivity index (χ2v) is 12.0. The van der Waals surface area contributed by atoms with E-state index in [0.29, 0.717) is 40.7 Å². The van der Waals surface area contributed by atoms with E-state index < -0.39 is 28.7 Å². The molecule has 0 fully saturated rings. The summed E-state index contributed by atoms with van der Waals surface area (Å²) in [5.74, 6) is 0.616. The van der Waals surface area contributed by atoms with E-state index in [-0.39, 0.29) is 24.1 Å². The summed E-state index contributed by atoms with van der Waals surface area (Å²) in [5, 5.41) is 11.3. The van der Waals surface area contributed by atoms with Crippen molar-refractivity contribution >= 4 is 23.2 Å². The molecule has 49 heavy (non-hydrogen) atoms. The Bertz CT molecular complexity index is 2210.